The number of carbonyl (C=O) groups excluding carboxylic acids is 3. The van der Waals surface area contributed by atoms with E-state index in [0.717, 1.165) is 0 Å². The maximum absolute atomic E-state index is 13.9. The molecule has 0 radical (unpaired) electrons. The van der Waals surface area contributed by atoms with Crippen LogP contribution in [0.5, 0.6) is 0 Å². The van der Waals surface area contributed by atoms with Crippen LogP contribution < -0.4 is 5.32 Å². The molecule has 1 N–H and O–H groups in total. The molecule has 0 aliphatic carbocycles. The van der Waals surface area contributed by atoms with Crippen LogP contribution in [0.3, 0.4) is 0 Å². The van der Waals surface area contributed by atoms with Crippen LogP contribution >= 0.6 is 0 Å². The fourth-order valence-electron chi connectivity index (χ4n) is 3.47. The maximum atomic E-state index is 13.9. The molecule has 0 spiro atoms. The summed E-state index contributed by atoms with van der Waals surface area (Å²) in [5.41, 5.74) is 0.655. The van der Waals surface area contributed by atoms with Crippen LogP contribution in [-0.2, 0) is 4.79 Å². The molecule has 3 rings (SSSR count). The molecule has 1 heterocycles. The zero-order chi connectivity index (χ0) is 21.3. The summed E-state index contributed by atoms with van der Waals surface area (Å²) in [7, 11) is 0. The highest BCUT2D eigenvalue weighted by Crippen LogP contribution is 2.13. The van der Waals surface area contributed by atoms with Gasteiger partial charge in [-0.15, -0.1) is 0 Å². The van der Waals surface area contributed by atoms with Gasteiger partial charge in [0, 0.05) is 44.7 Å². The summed E-state index contributed by atoms with van der Waals surface area (Å²) in [6.07, 6.45) is 1.53. The molecule has 30 heavy (non-hydrogen) atoms. The predicted octanol–water partition coefficient (Wildman–Crippen LogP) is 2.71. The lowest BCUT2D eigenvalue weighted by atomic mass is 10.2. The van der Waals surface area contributed by atoms with Gasteiger partial charge in [0.25, 0.3) is 11.8 Å². The number of benzene rings is 2. The molecule has 0 unspecified atom stereocenters. The predicted molar refractivity (Wildman–Crippen MR) is 112 cm³/mol. The smallest absolute Gasteiger partial charge is 0.256 e. The van der Waals surface area contributed by atoms with E-state index in [-0.39, 0.29) is 23.3 Å². The van der Waals surface area contributed by atoms with Gasteiger partial charge in [0.15, 0.2) is 0 Å². The third kappa shape index (κ3) is 5.65. The lowest BCUT2D eigenvalue weighted by molar-refractivity contribution is -0.131. The van der Waals surface area contributed by atoms with E-state index in [9.17, 15) is 18.8 Å². The molecule has 158 valence electrons. The van der Waals surface area contributed by atoms with Crippen molar-refractivity contribution in [3.8, 4) is 0 Å². The van der Waals surface area contributed by atoms with Gasteiger partial charge >= 0.3 is 0 Å². The van der Waals surface area contributed by atoms with Crippen molar-refractivity contribution in [3.63, 3.8) is 0 Å². The van der Waals surface area contributed by atoms with Gasteiger partial charge in [-0.2, -0.15) is 0 Å². The standard InChI is InChI=1S/C23H26FN3O3/c24-20-11-5-4-10-19(20)23(30)27-15-7-14-26(16-17-27)21(28)12-6-13-25-22(29)18-8-2-1-3-9-18/h1-5,8-11H,6-7,12-17H2,(H,25,29). The zero-order valence-electron chi connectivity index (χ0n) is 16.9. The molecule has 0 bridgehead atoms. The molecule has 6 nitrogen and oxygen atoms in total. The highest BCUT2D eigenvalue weighted by atomic mass is 19.1. The molecular formula is C23H26FN3O3. The largest absolute Gasteiger partial charge is 0.352 e. The summed E-state index contributed by atoms with van der Waals surface area (Å²) >= 11 is 0. The SMILES string of the molecule is O=C(NCCCC(=O)N1CCCN(C(=O)c2ccccc2F)CC1)c1ccccc1. The number of nitrogens with zero attached hydrogens (tertiary/aromatic N) is 2. The maximum Gasteiger partial charge on any atom is 0.256 e. The number of halogens is 1. The van der Waals surface area contributed by atoms with Crippen LogP contribution in [0.15, 0.2) is 54.6 Å². The third-order valence-corrected chi connectivity index (χ3v) is 5.13. The van der Waals surface area contributed by atoms with E-state index in [1.54, 1.807) is 46.2 Å². The molecule has 2 aromatic rings. The van der Waals surface area contributed by atoms with Crippen molar-refractivity contribution in [2.45, 2.75) is 19.3 Å². The van der Waals surface area contributed by atoms with Gasteiger partial charge in [0.2, 0.25) is 5.91 Å². The van der Waals surface area contributed by atoms with Crippen molar-refractivity contribution >= 4 is 17.7 Å². The van der Waals surface area contributed by atoms with Gasteiger partial charge in [-0.05, 0) is 37.1 Å². The summed E-state index contributed by atoms with van der Waals surface area (Å²) in [6.45, 7) is 2.28. The van der Waals surface area contributed by atoms with Crippen molar-refractivity contribution in [2.24, 2.45) is 0 Å². The Morgan fingerprint density at radius 3 is 2.30 bits per heavy atom. The molecule has 1 aliphatic rings. The first-order valence-corrected chi connectivity index (χ1v) is 10.2. The fraction of sp³-hybridized carbons (Fsp3) is 0.348. The average Bonchev–Trinajstić information content (AvgIpc) is 3.03. The van der Waals surface area contributed by atoms with E-state index in [1.807, 2.05) is 6.07 Å². The Balaban J connectivity index is 1.42. The van der Waals surface area contributed by atoms with Gasteiger partial charge in [0.05, 0.1) is 5.56 Å². The molecule has 7 heteroatoms. The number of hydrogen-bond acceptors (Lipinski definition) is 3. The molecule has 0 saturated carbocycles. The summed E-state index contributed by atoms with van der Waals surface area (Å²) in [5.74, 6) is -1.02. The van der Waals surface area contributed by atoms with Crippen LogP contribution in [0, 0.1) is 5.82 Å². The van der Waals surface area contributed by atoms with E-state index in [2.05, 4.69) is 5.32 Å². The van der Waals surface area contributed by atoms with Crippen LogP contribution in [0.2, 0.25) is 0 Å². The van der Waals surface area contributed by atoms with Gasteiger partial charge in [-0.25, -0.2) is 4.39 Å². The number of nitrogens with one attached hydrogen (secondary N) is 1. The van der Waals surface area contributed by atoms with Crippen LogP contribution in [-0.4, -0.2) is 60.2 Å². The summed E-state index contributed by atoms with van der Waals surface area (Å²) in [5, 5.41) is 2.82. The third-order valence-electron chi connectivity index (χ3n) is 5.13. The van der Waals surface area contributed by atoms with Crippen molar-refractivity contribution < 1.29 is 18.8 Å². The Morgan fingerprint density at radius 2 is 1.53 bits per heavy atom. The first-order chi connectivity index (χ1) is 14.6. The van der Waals surface area contributed by atoms with Gasteiger partial charge in [0.1, 0.15) is 5.82 Å². The quantitative estimate of drug-likeness (QED) is 0.743. The van der Waals surface area contributed by atoms with Crippen LogP contribution in [0.25, 0.3) is 0 Å². The van der Waals surface area contributed by atoms with Crippen LogP contribution in [0.4, 0.5) is 4.39 Å². The van der Waals surface area contributed by atoms with Crippen molar-refractivity contribution in [2.75, 3.05) is 32.7 Å². The minimum absolute atomic E-state index is 0.00384. The second-order valence-electron chi connectivity index (χ2n) is 7.23. The van der Waals surface area contributed by atoms with Crippen molar-refractivity contribution in [1.82, 2.24) is 15.1 Å². The van der Waals surface area contributed by atoms with Crippen molar-refractivity contribution in [1.29, 1.82) is 0 Å². The number of carbonyl (C=O) groups is 3. The summed E-state index contributed by atoms with van der Waals surface area (Å²) in [4.78, 5) is 40.5. The van der Waals surface area contributed by atoms with E-state index in [0.29, 0.717) is 57.5 Å². The molecule has 1 fully saturated rings. The fourth-order valence-corrected chi connectivity index (χ4v) is 3.47. The lowest BCUT2D eigenvalue weighted by Gasteiger charge is -2.22. The monoisotopic (exact) mass is 411 g/mol. The van der Waals surface area contributed by atoms with Gasteiger partial charge < -0.3 is 15.1 Å². The Bertz CT molecular complexity index is 888. The average molecular weight is 411 g/mol. The van der Waals surface area contributed by atoms with Gasteiger partial charge in [-0.3, -0.25) is 14.4 Å². The van der Waals surface area contributed by atoms with E-state index < -0.39 is 5.82 Å². The zero-order valence-corrected chi connectivity index (χ0v) is 16.9. The molecule has 2 aromatic carbocycles. The van der Waals surface area contributed by atoms with Crippen molar-refractivity contribution in [3.05, 3.63) is 71.5 Å². The van der Waals surface area contributed by atoms with Crippen LogP contribution in [0.1, 0.15) is 40.0 Å². The Kier molecular flexibility index (Phi) is 7.54. The molecular weight excluding hydrogens is 385 g/mol. The second kappa shape index (κ2) is 10.5. The van der Waals surface area contributed by atoms with E-state index in [1.165, 1.54) is 12.1 Å². The topological polar surface area (TPSA) is 69.7 Å². The molecule has 0 aromatic heterocycles. The number of rotatable bonds is 6. The molecule has 3 amide bonds. The van der Waals surface area contributed by atoms with Gasteiger partial charge in [-0.1, -0.05) is 30.3 Å². The first kappa shape index (κ1) is 21.5. The Hall–Kier alpha value is -3.22. The number of hydrogen-bond donors (Lipinski definition) is 1. The van der Waals surface area contributed by atoms with E-state index >= 15 is 0 Å². The highest BCUT2D eigenvalue weighted by Gasteiger charge is 2.24. The molecule has 1 aliphatic heterocycles. The molecule has 0 atom stereocenters. The Morgan fingerprint density at radius 1 is 0.867 bits per heavy atom. The minimum atomic E-state index is -0.530. The normalized spacial score (nSPS) is 14.2. The Labute approximate surface area is 175 Å². The molecule has 1 saturated heterocycles. The highest BCUT2D eigenvalue weighted by molar-refractivity contribution is 5.95. The van der Waals surface area contributed by atoms with E-state index in [4.69, 9.17) is 0 Å². The second-order valence-corrected chi connectivity index (χ2v) is 7.23. The number of amides is 3. The lowest BCUT2D eigenvalue weighted by Crippen LogP contribution is -2.37. The summed E-state index contributed by atoms with van der Waals surface area (Å²) in [6, 6.07) is 14.9. The minimum Gasteiger partial charge on any atom is -0.352 e. The first-order valence-electron chi connectivity index (χ1n) is 10.2. The summed E-state index contributed by atoms with van der Waals surface area (Å²) < 4.78 is 13.9.